The van der Waals surface area contributed by atoms with Crippen LogP contribution in [0.25, 0.3) is 11.0 Å². The molecule has 0 radical (unpaired) electrons. The number of benzene rings is 3. The first kappa shape index (κ1) is 23.1. The number of nitro benzene ring substituents is 2. The lowest BCUT2D eigenvalue weighted by Gasteiger charge is -2.09. The third kappa shape index (κ3) is 4.98. The Morgan fingerprint density at radius 3 is 2.53 bits per heavy atom. The Kier molecular flexibility index (Phi) is 6.71. The standard InChI is InChI=1S/C22H15Cl2N5O5/c23-16-6-5-14(18(24)9-16)12-27-21-8-7-17(28(30)31)10-19(21)26-22(27)11-25-34-13-15-3-1-2-4-20(15)29(32)33/h1-11H,12-13H2/b25-11+. The summed E-state index contributed by atoms with van der Waals surface area (Å²) < 4.78 is 1.77. The van der Waals surface area contributed by atoms with Gasteiger partial charge in [-0.3, -0.25) is 20.2 Å². The van der Waals surface area contributed by atoms with Crippen LogP contribution in [-0.2, 0) is 18.0 Å². The Morgan fingerprint density at radius 1 is 1.00 bits per heavy atom. The topological polar surface area (TPSA) is 126 Å². The molecule has 0 atom stereocenters. The van der Waals surface area contributed by atoms with E-state index in [-0.39, 0.29) is 24.5 Å². The van der Waals surface area contributed by atoms with Crippen molar-refractivity contribution < 1.29 is 14.7 Å². The van der Waals surface area contributed by atoms with Crippen LogP contribution >= 0.6 is 23.2 Å². The lowest BCUT2D eigenvalue weighted by atomic mass is 10.2. The monoisotopic (exact) mass is 499 g/mol. The van der Waals surface area contributed by atoms with E-state index in [4.69, 9.17) is 28.0 Å². The van der Waals surface area contributed by atoms with Crippen LogP contribution in [0, 0.1) is 20.2 Å². The molecular formula is C22H15Cl2N5O5. The quantitative estimate of drug-likeness (QED) is 0.172. The predicted octanol–water partition coefficient (Wildman–Crippen LogP) is 5.76. The van der Waals surface area contributed by atoms with E-state index in [1.807, 2.05) is 0 Å². The molecule has 1 aromatic heterocycles. The predicted molar refractivity (Wildman–Crippen MR) is 127 cm³/mol. The number of non-ortho nitro benzene ring substituents is 1. The van der Waals surface area contributed by atoms with Crippen LogP contribution in [0.2, 0.25) is 10.0 Å². The van der Waals surface area contributed by atoms with Crippen molar-refractivity contribution in [3.05, 3.63) is 108 Å². The third-order valence-electron chi connectivity index (χ3n) is 4.97. The molecule has 0 amide bonds. The molecule has 0 bridgehead atoms. The third-order valence-corrected chi connectivity index (χ3v) is 5.55. The summed E-state index contributed by atoms with van der Waals surface area (Å²) in [6.45, 7) is 0.165. The van der Waals surface area contributed by atoms with Crippen molar-refractivity contribution in [2.24, 2.45) is 5.16 Å². The van der Waals surface area contributed by atoms with Crippen LogP contribution in [-0.4, -0.2) is 25.6 Å². The molecule has 10 nitrogen and oxygen atoms in total. The van der Waals surface area contributed by atoms with Crippen LogP contribution < -0.4 is 0 Å². The highest BCUT2D eigenvalue weighted by Gasteiger charge is 2.16. The van der Waals surface area contributed by atoms with Crippen molar-refractivity contribution in [1.82, 2.24) is 9.55 Å². The summed E-state index contributed by atoms with van der Waals surface area (Å²) in [5, 5.41) is 27.2. The molecule has 0 aliphatic rings. The van der Waals surface area contributed by atoms with E-state index < -0.39 is 9.85 Å². The minimum Gasteiger partial charge on any atom is -0.391 e. The van der Waals surface area contributed by atoms with Crippen molar-refractivity contribution >= 4 is 51.8 Å². The molecule has 0 aliphatic heterocycles. The molecular weight excluding hydrogens is 485 g/mol. The Labute approximate surface area is 202 Å². The van der Waals surface area contributed by atoms with Gasteiger partial charge in [-0.05, 0) is 29.8 Å². The molecule has 4 rings (SSSR count). The van der Waals surface area contributed by atoms with Gasteiger partial charge in [0.25, 0.3) is 11.4 Å². The molecule has 172 valence electrons. The molecule has 0 spiro atoms. The van der Waals surface area contributed by atoms with Gasteiger partial charge in [-0.2, -0.15) is 0 Å². The SMILES string of the molecule is O=[N+]([O-])c1ccc2c(c1)nc(/C=N/OCc1ccccc1[N+](=O)[O-])n2Cc1ccc(Cl)cc1Cl. The van der Waals surface area contributed by atoms with Crippen LogP contribution in [0.4, 0.5) is 11.4 Å². The van der Waals surface area contributed by atoms with Gasteiger partial charge in [0.15, 0.2) is 5.82 Å². The van der Waals surface area contributed by atoms with E-state index in [1.165, 1.54) is 24.4 Å². The van der Waals surface area contributed by atoms with Crippen molar-refractivity contribution in [2.45, 2.75) is 13.2 Å². The summed E-state index contributed by atoms with van der Waals surface area (Å²) in [6, 6.07) is 15.6. The van der Waals surface area contributed by atoms with Crippen molar-refractivity contribution in [3.8, 4) is 0 Å². The molecule has 0 fully saturated rings. The van der Waals surface area contributed by atoms with Gasteiger partial charge in [-0.15, -0.1) is 0 Å². The normalized spacial score (nSPS) is 11.2. The lowest BCUT2D eigenvalue weighted by Crippen LogP contribution is -2.05. The second kappa shape index (κ2) is 9.86. The van der Waals surface area contributed by atoms with Crippen LogP contribution in [0.3, 0.4) is 0 Å². The fraction of sp³-hybridized carbons (Fsp3) is 0.0909. The van der Waals surface area contributed by atoms with Gasteiger partial charge in [0.1, 0.15) is 12.8 Å². The summed E-state index contributed by atoms with van der Waals surface area (Å²) in [6.07, 6.45) is 1.34. The summed E-state index contributed by atoms with van der Waals surface area (Å²) in [4.78, 5) is 31.0. The highest BCUT2D eigenvalue weighted by Crippen LogP contribution is 2.26. The molecule has 3 aromatic carbocycles. The van der Waals surface area contributed by atoms with E-state index in [2.05, 4.69) is 10.1 Å². The summed E-state index contributed by atoms with van der Waals surface area (Å²) in [5.74, 6) is 0.351. The zero-order chi connectivity index (χ0) is 24.2. The van der Waals surface area contributed by atoms with Gasteiger partial charge in [-0.1, -0.05) is 46.6 Å². The molecule has 12 heteroatoms. The van der Waals surface area contributed by atoms with E-state index >= 15 is 0 Å². The molecule has 0 aliphatic carbocycles. The first-order valence-electron chi connectivity index (χ1n) is 9.79. The van der Waals surface area contributed by atoms with E-state index in [0.717, 1.165) is 5.56 Å². The lowest BCUT2D eigenvalue weighted by molar-refractivity contribution is -0.386. The maximum absolute atomic E-state index is 11.2. The minimum atomic E-state index is -0.502. The fourth-order valence-corrected chi connectivity index (χ4v) is 3.81. The van der Waals surface area contributed by atoms with Gasteiger partial charge < -0.3 is 9.40 Å². The molecule has 0 unspecified atom stereocenters. The highest BCUT2D eigenvalue weighted by molar-refractivity contribution is 6.35. The first-order valence-corrected chi connectivity index (χ1v) is 10.6. The number of nitrogens with zero attached hydrogens (tertiary/aromatic N) is 5. The van der Waals surface area contributed by atoms with Gasteiger partial charge >= 0.3 is 0 Å². The zero-order valence-corrected chi connectivity index (χ0v) is 18.8. The Morgan fingerprint density at radius 2 is 1.79 bits per heavy atom. The molecule has 0 N–H and O–H groups in total. The molecule has 34 heavy (non-hydrogen) atoms. The number of nitro groups is 2. The number of fused-ring (bicyclic) bond motifs is 1. The molecule has 0 saturated heterocycles. The average Bonchev–Trinajstić information content (AvgIpc) is 3.15. The maximum atomic E-state index is 11.2. The number of para-hydroxylation sites is 1. The van der Waals surface area contributed by atoms with Crippen LogP contribution in [0.5, 0.6) is 0 Å². The minimum absolute atomic E-state index is 0.0744. The smallest absolute Gasteiger partial charge is 0.276 e. The Bertz CT molecular complexity index is 1440. The Hall–Kier alpha value is -4.02. The largest absolute Gasteiger partial charge is 0.391 e. The number of halogens is 2. The highest BCUT2D eigenvalue weighted by atomic mass is 35.5. The number of rotatable bonds is 8. The van der Waals surface area contributed by atoms with Crippen molar-refractivity contribution in [3.63, 3.8) is 0 Å². The van der Waals surface area contributed by atoms with Gasteiger partial charge in [-0.25, -0.2) is 4.98 Å². The summed E-state index contributed by atoms with van der Waals surface area (Å²) >= 11 is 12.3. The van der Waals surface area contributed by atoms with Crippen LogP contribution in [0.15, 0.2) is 65.8 Å². The van der Waals surface area contributed by atoms with Crippen molar-refractivity contribution in [1.29, 1.82) is 0 Å². The summed E-state index contributed by atoms with van der Waals surface area (Å²) in [5.41, 5.74) is 1.95. The van der Waals surface area contributed by atoms with Gasteiger partial charge in [0.2, 0.25) is 0 Å². The molecule has 0 saturated carbocycles. The number of imidazole rings is 1. The number of hydrogen-bond donors (Lipinski definition) is 0. The number of hydrogen-bond acceptors (Lipinski definition) is 7. The first-order chi connectivity index (χ1) is 16.3. The maximum Gasteiger partial charge on any atom is 0.276 e. The van der Waals surface area contributed by atoms with Gasteiger partial charge in [0.05, 0.1) is 33.0 Å². The second-order valence-corrected chi connectivity index (χ2v) is 7.96. The second-order valence-electron chi connectivity index (χ2n) is 7.12. The van der Waals surface area contributed by atoms with Crippen molar-refractivity contribution in [2.75, 3.05) is 0 Å². The van der Waals surface area contributed by atoms with Crippen LogP contribution in [0.1, 0.15) is 17.0 Å². The summed E-state index contributed by atoms with van der Waals surface area (Å²) in [7, 11) is 0. The Balaban J connectivity index is 1.65. The molecule has 1 heterocycles. The molecule has 4 aromatic rings. The van der Waals surface area contributed by atoms with Gasteiger partial charge in [0, 0.05) is 28.2 Å². The number of aromatic nitrogens is 2. The van der Waals surface area contributed by atoms with E-state index in [1.54, 1.807) is 47.0 Å². The van der Waals surface area contributed by atoms with E-state index in [9.17, 15) is 20.2 Å². The average molecular weight is 500 g/mol. The fourth-order valence-electron chi connectivity index (χ4n) is 3.34. The number of oxime groups is 1. The van der Waals surface area contributed by atoms with E-state index in [0.29, 0.717) is 32.5 Å². The zero-order valence-electron chi connectivity index (χ0n) is 17.3.